The van der Waals surface area contributed by atoms with Crippen LogP contribution in [-0.4, -0.2) is 36.1 Å². The van der Waals surface area contributed by atoms with Crippen LogP contribution in [0.3, 0.4) is 0 Å². The molecule has 10 heteroatoms. The predicted molar refractivity (Wildman–Crippen MR) is 97.4 cm³/mol. The molecule has 140 valence electrons. The third kappa shape index (κ3) is 2.52. The van der Waals surface area contributed by atoms with Crippen LogP contribution in [0.2, 0.25) is 0 Å². The van der Waals surface area contributed by atoms with E-state index in [1.807, 2.05) is 7.05 Å². The fourth-order valence-electron chi connectivity index (χ4n) is 3.74. The lowest BCUT2D eigenvalue weighted by molar-refractivity contribution is -0.385. The van der Waals surface area contributed by atoms with Crippen molar-refractivity contribution in [3.63, 3.8) is 0 Å². The number of hydrogen-bond donors (Lipinski definition) is 2. The van der Waals surface area contributed by atoms with Crippen LogP contribution in [0, 0.1) is 10.1 Å². The number of amides is 1. The molecule has 4 heterocycles. The van der Waals surface area contributed by atoms with Crippen molar-refractivity contribution in [1.29, 1.82) is 0 Å². The highest BCUT2D eigenvalue weighted by Gasteiger charge is 2.36. The number of nitrogens with one attached hydrogen (secondary N) is 2. The summed E-state index contributed by atoms with van der Waals surface area (Å²) in [6, 6.07) is 2.90. The molecule has 2 N–H and O–H groups in total. The van der Waals surface area contributed by atoms with Crippen molar-refractivity contribution >= 4 is 27.9 Å². The second kappa shape index (κ2) is 5.83. The molecule has 1 amide bonds. The number of benzene rings is 1. The fourth-order valence-corrected chi connectivity index (χ4v) is 5.09. The zero-order chi connectivity index (χ0) is 18.7. The van der Waals surface area contributed by atoms with Gasteiger partial charge in [0.05, 0.1) is 22.1 Å². The van der Waals surface area contributed by atoms with Crippen LogP contribution in [0.1, 0.15) is 32.5 Å². The van der Waals surface area contributed by atoms with Crippen molar-refractivity contribution in [3.8, 4) is 11.5 Å². The summed E-state index contributed by atoms with van der Waals surface area (Å²) in [5.41, 5.74) is 1.97. The Hall–Kier alpha value is -2.85. The molecule has 2 aromatic rings. The van der Waals surface area contributed by atoms with Gasteiger partial charge in [-0.1, -0.05) is 0 Å². The third-order valence-electron chi connectivity index (χ3n) is 5.06. The number of carbonyl (C=O) groups is 1. The second-order valence-electron chi connectivity index (χ2n) is 6.77. The number of ether oxygens (including phenoxy) is 2. The van der Waals surface area contributed by atoms with Gasteiger partial charge in [-0.25, -0.2) is 0 Å². The molecule has 5 rings (SSSR count). The highest BCUT2D eigenvalue weighted by atomic mass is 32.1. The van der Waals surface area contributed by atoms with Crippen molar-refractivity contribution in [2.45, 2.75) is 19.1 Å². The summed E-state index contributed by atoms with van der Waals surface area (Å²) in [5, 5.41) is 18.4. The first-order chi connectivity index (χ1) is 13.0. The number of anilines is 1. The van der Waals surface area contributed by atoms with Gasteiger partial charge in [0, 0.05) is 18.0 Å². The van der Waals surface area contributed by atoms with Crippen LogP contribution in [0.25, 0.3) is 0 Å². The molecular weight excluding hydrogens is 372 g/mol. The SMILES string of the molecule is CN1CCc2c(sc3c2C(=O)N[C@@H](c2cc4c(cc2[N+](=O)[O-])OCO4)N3)C1. The van der Waals surface area contributed by atoms with E-state index in [-0.39, 0.29) is 18.4 Å². The molecule has 1 aromatic heterocycles. The van der Waals surface area contributed by atoms with E-state index in [2.05, 4.69) is 15.5 Å². The maximum Gasteiger partial charge on any atom is 0.280 e. The average molecular weight is 388 g/mol. The summed E-state index contributed by atoms with van der Waals surface area (Å²) < 4.78 is 10.6. The number of thiophene rings is 1. The Balaban J connectivity index is 1.56. The van der Waals surface area contributed by atoms with Gasteiger partial charge in [0.15, 0.2) is 11.5 Å². The lowest BCUT2D eigenvalue weighted by Crippen LogP contribution is -2.39. The number of hydrogen-bond acceptors (Lipinski definition) is 8. The van der Waals surface area contributed by atoms with E-state index in [9.17, 15) is 14.9 Å². The topological polar surface area (TPSA) is 106 Å². The first kappa shape index (κ1) is 16.3. The standard InChI is InChI=1S/C17H16N4O5S/c1-20-3-2-8-13(6-20)27-17-14(8)16(22)18-15(19-17)9-4-11-12(26-7-25-11)5-10(9)21(23)24/h4-5,15,19H,2-3,6-7H2,1H3,(H,18,22)/t15-/m1/s1. The van der Waals surface area contributed by atoms with Crippen LogP contribution < -0.4 is 20.1 Å². The Labute approximate surface area is 158 Å². The molecule has 27 heavy (non-hydrogen) atoms. The van der Waals surface area contributed by atoms with Crippen LogP contribution in [0.4, 0.5) is 10.7 Å². The molecular formula is C17H16N4O5S. The molecule has 0 fully saturated rings. The molecule has 0 radical (unpaired) electrons. The van der Waals surface area contributed by atoms with Gasteiger partial charge in [-0.05, 0) is 25.1 Å². The third-order valence-corrected chi connectivity index (χ3v) is 6.20. The summed E-state index contributed by atoms with van der Waals surface area (Å²) in [7, 11) is 2.05. The van der Waals surface area contributed by atoms with Crippen molar-refractivity contribution in [3.05, 3.63) is 43.8 Å². The molecule has 3 aliphatic heterocycles. The molecule has 3 aliphatic rings. The van der Waals surface area contributed by atoms with Crippen LogP contribution in [0.15, 0.2) is 12.1 Å². The Morgan fingerprint density at radius 3 is 2.85 bits per heavy atom. The molecule has 0 saturated heterocycles. The van der Waals surface area contributed by atoms with Crippen LogP contribution in [0.5, 0.6) is 11.5 Å². The van der Waals surface area contributed by atoms with Gasteiger partial charge in [-0.3, -0.25) is 14.9 Å². The fraction of sp³-hybridized carbons (Fsp3) is 0.353. The van der Waals surface area contributed by atoms with E-state index in [1.54, 1.807) is 17.4 Å². The van der Waals surface area contributed by atoms with Gasteiger partial charge in [0.25, 0.3) is 11.6 Å². The Kier molecular flexibility index (Phi) is 3.52. The molecule has 0 bridgehead atoms. The van der Waals surface area contributed by atoms with E-state index in [1.165, 1.54) is 6.07 Å². The van der Waals surface area contributed by atoms with Crippen LogP contribution >= 0.6 is 11.3 Å². The summed E-state index contributed by atoms with van der Waals surface area (Å²) in [4.78, 5) is 27.3. The number of carbonyl (C=O) groups excluding carboxylic acids is 1. The first-order valence-electron chi connectivity index (χ1n) is 8.49. The number of nitrogens with zero attached hydrogens (tertiary/aromatic N) is 2. The number of likely N-dealkylation sites (N-methyl/N-ethyl adjacent to an activating group) is 1. The highest BCUT2D eigenvalue weighted by molar-refractivity contribution is 7.16. The van der Waals surface area contributed by atoms with E-state index >= 15 is 0 Å². The Bertz CT molecular complexity index is 988. The van der Waals surface area contributed by atoms with Gasteiger partial charge < -0.3 is 25.0 Å². The monoisotopic (exact) mass is 388 g/mol. The second-order valence-corrected chi connectivity index (χ2v) is 7.87. The first-order valence-corrected chi connectivity index (χ1v) is 9.31. The molecule has 0 saturated carbocycles. The maximum absolute atomic E-state index is 12.8. The smallest absolute Gasteiger partial charge is 0.280 e. The van der Waals surface area contributed by atoms with Gasteiger partial charge in [0.1, 0.15) is 11.2 Å². The molecule has 1 atom stereocenters. The van der Waals surface area contributed by atoms with E-state index < -0.39 is 11.1 Å². The molecule has 0 unspecified atom stereocenters. The summed E-state index contributed by atoms with van der Waals surface area (Å²) in [5.74, 6) is 0.565. The summed E-state index contributed by atoms with van der Waals surface area (Å²) in [6.45, 7) is 1.73. The number of nitro groups is 1. The average Bonchev–Trinajstić information content (AvgIpc) is 3.23. The van der Waals surface area contributed by atoms with Crippen LogP contribution in [-0.2, 0) is 13.0 Å². The lowest BCUT2D eigenvalue weighted by Gasteiger charge is -2.27. The number of fused-ring (bicyclic) bond motifs is 4. The predicted octanol–water partition coefficient (Wildman–Crippen LogP) is 2.23. The van der Waals surface area contributed by atoms with Crippen molar-refractivity contribution < 1.29 is 19.2 Å². The largest absolute Gasteiger partial charge is 0.454 e. The number of nitro benzene ring substituents is 1. The molecule has 1 aromatic carbocycles. The lowest BCUT2D eigenvalue weighted by atomic mass is 10.00. The Morgan fingerprint density at radius 2 is 2.07 bits per heavy atom. The minimum absolute atomic E-state index is 0.0235. The van der Waals surface area contributed by atoms with Crippen molar-refractivity contribution in [2.75, 3.05) is 25.7 Å². The van der Waals surface area contributed by atoms with Crippen molar-refractivity contribution in [2.24, 2.45) is 0 Å². The zero-order valence-electron chi connectivity index (χ0n) is 14.4. The molecule has 0 aliphatic carbocycles. The van der Waals surface area contributed by atoms with Gasteiger partial charge in [-0.15, -0.1) is 11.3 Å². The normalized spacial score (nSPS) is 20.5. The van der Waals surface area contributed by atoms with Gasteiger partial charge >= 0.3 is 0 Å². The minimum atomic E-state index is -0.710. The van der Waals surface area contributed by atoms with Gasteiger partial charge in [0.2, 0.25) is 6.79 Å². The molecule has 0 spiro atoms. The quantitative estimate of drug-likeness (QED) is 0.600. The van der Waals surface area contributed by atoms with Crippen molar-refractivity contribution in [1.82, 2.24) is 10.2 Å². The Morgan fingerprint density at radius 1 is 1.30 bits per heavy atom. The highest BCUT2D eigenvalue weighted by Crippen LogP contribution is 2.44. The van der Waals surface area contributed by atoms with Gasteiger partial charge in [-0.2, -0.15) is 0 Å². The number of rotatable bonds is 2. The van der Waals surface area contributed by atoms with E-state index in [0.29, 0.717) is 22.6 Å². The summed E-state index contributed by atoms with van der Waals surface area (Å²) in [6.07, 6.45) is 0.111. The summed E-state index contributed by atoms with van der Waals surface area (Å²) >= 11 is 1.54. The van der Waals surface area contributed by atoms with E-state index in [4.69, 9.17) is 9.47 Å². The van der Waals surface area contributed by atoms with E-state index in [0.717, 1.165) is 35.0 Å². The molecule has 9 nitrogen and oxygen atoms in total. The maximum atomic E-state index is 12.8. The minimum Gasteiger partial charge on any atom is -0.454 e. The zero-order valence-corrected chi connectivity index (χ0v) is 15.2.